The number of rotatable bonds is 9. The van der Waals surface area contributed by atoms with Gasteiger partial charge in [-0.3, -0.25) is 4.79 Å². The third kappa shape index (κ3) is 6.98. The Balaban J connectivity index is 1.38. The molecule has 2 aromatic rings. The minimum atomic E-state index is -0.288. The van der Waals surface area contributed by atoms with Gasteiger partial charge < -0.3 is 20.3 Å². The molecule has 0 aromatic heterocycles. The van der Waals surface area contributed by atoms with Crippen molar-refractivity contribution in [2.45, 2.75) is 45.9 Å². The Morgan fingerprint density at radius 2 is 1.81 bits per heavy atom. The SMILES string of the molecule is CCNC(=NCC(C)Oc1ccc(F)cc1)NCCCC(=O)N1Cc2ccccc2C1. The van der Waals surface area contributed by atoms with E-state index in [0.717, 1.165) is 13.0 Å². The minimum Gasteiger partial charge on any atom is -0.489 e. The number of guanidine groups is 1. The number of aliphatic imine (C=N–C) groups is 1. The van der Waals surface area contributed by atoms with Gasteiger partial charge in [-0.25, -0.2) is 9.38 Å². The quantitative estimate of drug-likeness (QED) is 0.366. The Hall–Kier alpha value is -3.09. The summed E-state index contributed by atoms with van der Waals surface area (Å²) >= 11 is 0. The molecule has 3 rings (SSSR count). The van der Waals surface area contributed by atoms with E-state index in [4.69, 9.17) is 4.74 Å². The van der Waals surface area contributed by atoms with Gasteiger partial charge in [0.05, 0.1) is 6.54 Å². The van der Waals surface area contributed by atoms with Gasteiger partial charge in [-0.05, 0) is 55.7 Å². The first-order valence-electron chi connectivity index (χ1n) is 10.8. The molecule has 0 saturated carbocycles. The zero-order chi connectivity index (χ0) is 22.1. The van der Waals surface area contributed by atoms with Gasteiger partial charge in [0.1, 0.15) is 17.7 Å². The van der Waals surface area contributed by atoms with Crippen LogP contribution in [0, 0.1) is 5.82 Å². The number of carbonyl (C=O) groups is 1. The Bertz CT molecular complexity index is 860. The van der Waals surface area contributed by atoms with Crippen LogP contribution in [0.3, 0.4) is 0 Å². The van der Waals surface area contributed by atoms with E-state index < -0.39 is 0 Å². The highest BCUT2D eigenvalue weighted by molar-refractivity contribution is 5.80. The number of amides is 1. The van der Waals surface area contributed by atoms with Gasteiger partial charge in [0, 0.05) is 32.6 Å². The van der Waals surface area contributed by atoms with Crippen molar-refractivity contribution in [1.29, 1.82) is 0 Å². The van der Waals surface area contributed by atoms with Gasteiger partial charge in [0.2, 0.25) is 5.91 Å². The van der Waals surface area contributed by atoms with E-state index in [0.29, 0.717) is 44.3 Å². The summed E-state index contributed by atoms with van der Waals surface area (Å²) in [5.41, 5.74) is 2.49. The topological polar surface area (TPSA) is 66.0 Å². The van der Waals surface area contributed by atoms with E-state index >= 15 is 0 Å². The van der Waals surface area contributed by atoms with Gasteiger partial charge in [-0.15, -0.1) is 0 Å². The molecule has 166 valence electrons. The highest BCUT2D eigenvalue weighted by Crippen LogP contribution is 2.22. The maximum Gasteiger partial charge on any atom is 0.223 e. The monoisotopic (exact) mass is 426 g/mol. The zero-order valence-electron chi connectivity index (χ0n) is 18.2. The molecule has 31 heavy (non-hydrogen) atoms. The predicted octanol–water partition coefficient (Wildman–Crippen LogP) is 3.47. The van der Waals surface area contributed by atoms with Crippen molar-refractivity contribution in [2.24, 2.45) is 4.99 Å². The van der Waals surface area contributed by atoms with Crippen LogP contribution < -0.4 is 15.4 Å². The smallest absolute Gasteiger partial charge is 0.223 e. The predicted molar refractivity (Wildman–Crippen MR) is 120 cm³/mol. The van der Waals surface area contributed by atoms with Crippen molar-refractivity contribution in [2.75, 3.05) is 19.6 Å². The summed E-state index contributed by atoms with van der Waals surface area (Å²) in [7, 11) is 0. The Morgan fingerprint density at radius 1 is 1.13 bits per heavy atom. The normalized spacial score (nSPS) is 14.2. The fourth-order valence-corrected chi connectivity index (χ4v) is 3.46. The van der Waals surface area contributed by atoms with E-state index in [2.05, 4.69) is 27.8 Å². The van der Waals surface area contributed by atoms with Crippen molar-refractivity contribution >= 4 is 11.9 Å². The summed E-state index contributed by atoms with van der Waals surface area (Å²) in [5.74, 6) is 1.20. The number of hydrogen-bond acceptors (Lipinski definition) is 3. The van der Waals surface area contributed by atoms with Crippen molar-refractivity contribution in [3.05, 3.63) is 65.5 Å². The summed E-state index contributed by atoms with van der Waals surface area (Å²) < 4.78 is 18.8. The fraction of sp³-hybridized carbons (Fsp3) is 0.417. The van der Waals surface area contributed by atoms with Crippen molar-refractivity contribution in [1.82, 2.24) is 15.5 Å². The molecule has 0 spiro atoms. The molecular formula is C24H31FN4O2. The van der Waals surface area contributed by atoms with Crippen LogP contribution in [-0.4, -0.2) is 42.5 Å². The van der Waals surface area contributed by atoms with E-state index in [9.17, 15) is 9.18 Å². The minimum absolute atomic E-state index is 0.153. The lowest BCUT2D eigenvalue weighted by molar-refractivity contribution is -0.131. The second kappa shape index (κ2) is 11.3. The highest BCUT2D eigenvalue weighted by atomic mass is 19.1. The number of fused-ring (bicyclic) bond motifs is 1. The van der Waals surface area contributed by atoms with Crippen LogP contribution in [0.5, 0.6) is 5.75 Å². The number of hydrogen-bond donors (Lipinski definition) is 2. The molecule has 6 nitrogen and oxygen atoms in total. The van der Waals surface area contributed by atoms with Gasteiger partial charge in [0.25, 0.3) is 0 Å². The molecule has 2 aromatic carbocycles. The molecule has 0 bridgehead atoms. The summed E-state index contributed by atoms with van der Waals surface area (Å²) in [5, 5.41) is 6.48. The molecular weight excluding hydrogens is 395 g/mol. The van der Waals surface area contributed by atoms with Gasteiger partial charge >= 0.3 is 0 Å². The Morgan fingerprint density at radius 3 is 2.45 bits per heavy atom. The van der Waals surface area contributed by atoms with Crippen LogP contribution in [0.15, 0.2) is 53.5 Å². The number of ether oxygens (including phenoxy) is 1. The summed E-state index contributed by atoms with van der Waals surface area (Å²) in [6.45, 7) is 7.19. The van der Waals surface area contributed by atoms with Crippen LogP contribution >= 0.6 is 0 Å². The molecule has 7 heteroatoms. The van der Waals surface area contributed by atoms with E-state index in [1.165, 1.54) is 23.3 Å². The molecule has 2 N–H and O–H groups in total. The second-order valence-corrected chi connectivity index (χ2v) is 7.65. The standard InChI is InChI=1S/C24H31FN4O2/c1-3-26-24(28-15-18(2)31-22-12-10-21(25)11-13-22)27-14-6-9-23(30)29-16-19-7-4-5-8-20(19)17-29/h4-5,7-8,10-13,18H,3,6,9,14-17H2,1-2H3,(H2,26,27,28). The first-order valence-corrected chi connectivity index (χ1v) is 10.8. The molecule has 0 aliphatic carbocycles. The Kier molecular flexibility index (Phi) is 8.27. The summed E-state index contributed by atoms with van der Waals surface area (Å²) in [6.07, 6.45) is 1.08. The lowest BCUT2D eigenvalue weighted by Crippen LogP contribution is -2.39. The first kappa shape index (κ1) is 22.6. The van der Waals surface area contributed by atoms with E-state index in [1.54, 1.807) is 12.1 Å². The number of halogens is 1. The molecule has 1 heterocycles. The average Bonchev–Trinajstić information content (AvgIpc) is 3.21. The number of carbonyl (C=O) groups excluding carboxylic acids is 1. The summed E-state index contributed by atoms with van der Waals surface area (Å²) in [4.78, 5) is 19.0. The van der Waals surface area contributed by atoms with Crippen molar-refractivity contribution in [3.63, 3.8) is 0 Å². The van der Waals surface area contributed by atoms with Crippen molar-refractivity contribution < 1.29 is 13.9 Å². The second-order valence-electron chi connectivity index (χ2n) is 7.65. The zero-order valence-corrected chi connectivity index (χ0v) is 18.2. The van der Waals surface area contributed by atoms with Gasteiger partial charge in [-0.2, -0.15) is 0 Å². The summed E-state index contributed by atoms with van der Waals surface area (Å²) in [6, 6.07) is 14.2. The molecule has 0 radical (unpaired) electrons. The molecule has 1 unspecified atom stereocenters. The van der Waals surface area contributed by atoms with E-state index in [1.807, 2.05) is 30.9 Å². The molecule has 0 saturated heterocycles. The number of nitrogens with zero attached hydrogens (tertiary/aromatic N) is 2. The third-order valence-electron chi connectivity index (χ3n) is 5.06. The van der Waals surface area contributed by atoms with Crippen LogP contribution in [0.25, 0.3) is 0 Å². The van der Waals surface area contributed by atoms with Crippen LogP contribution in [0.1, 0.15) is 37.8 Å². The van der Waals surface area contributed by atoms with Gasteiger partial charge in [-0.1, -0.05) is 24.3 Å². The highest BCUT2D eigenvalue weighted by Gasteiger charge is 2.22. The maximum absolute atomic E-state index is 13.0. The molecule has 1 aliphatic rings. The lowest BCUT2D eigenvalue weighted by atomic mass is 10.1. The fourth-order valence-electron chi connectivity index (χ4n) is 3.46. The maximum atomic E-state index is 13.0. The largest absolute Gasteiger partial charge is 0.489 e. The van der Waals surface area contributed by atoms with Crippen molar-refractivity contribution in [3.8, 4) is 5.75 Å². The van der Waals surface area contributed by atoms with Crippen LogP contribution in [0.4, 0.5) is 4.39 Å². The first-order chi connectivity index (χ1) is 15.0. The van der Waals surface area contributed by atoms with Gasteiger partial charge in [0.15, 0.2) is 5.96 Å². The van der Waals surface area contributed by atoms with Crippen LogP contribution in [0.2, 0.25) is 0 Å². The van der Waals surface area contributed by atoms with E-state index in [-0.39, 0.29) is 17.8 Å². The average molecular weight is 427 g/mol. The third-order valence-corrected chi connectivity index (χ3v) is 5.06. The Labute approximate surface area is 183 Å². The number of nitrogens with one attached hydrogen (secondary N) is 2. The lowest BCUT2D eigenvalue weighted by Gasteiger charge is -2.17. The molecule has 1 amide bonds. The molecule has 0 fully saturated rings. The molecule has 1 atom stereocenters. The molecule has 1 aliphatic heterocycles. The van der Waals surface area contributed by atoms with Crippen LogP contribution in [-0.2, 0) is 17.9 Å². The number of benzene rings is 2.